The zero-order valence-corrected chi connectivity index (χ0v) is 18.4. The van der Waals surface area contributed by atoms with E-state index in [2.05, 4.69) is 0 Å². The van der Waals surface area contributed by atoms with Crippen LogP contribution in [0.4, 0.5) is 4.79 Å². The van der Waals surface area contributed by atoms with E-state index in [0.29, 0.717) is 31.7 Å². The maximum atomic E-state index is 12.2. The van der Waals surface area contributed by atoms with E-state index in [1.165, 1.54) is 0 Å². The van der Waals surface area contributed by atoms with E-state index in [4.69, 9.17) is 14.2 Å². The number of hydrogen-bond donors (Lipinski definition) is 1. The maximum Gasteiger partial charge on any atom is 0.410 e. The van der Waals surface area contributed by atoms with E-state index in [1.807, 2.05) is 45.0 Å². The second-order valence-corrected chi connectivity index (χ2v) is 8.53. The van der Waals surface area contributed by atoms with Crippen molar-refractivity contribution >= 4 is 12.1 Å². The van der Waals surface area contributed by atoms with Gasteiger partial charge in [-0.2, -0.15) is 0 Å². The molecule has 0 radical (unpaired) electrons. The number of piperidine rings is 1. The van der Waals surface area contributed by atoms with Crippen LogP contribution < -0.4 is 9.47 Å². The molecule has 0 saturated carbocycles. The Morgan fingerprint density at radius 3 is 2.16 bits per heavy atom. The van der Waals surface area contributed by atoms with Crippen LogP contribution in [0.3, 0.4) is 0 Å². The summed E-state index contributed by atoms with van der Waals surface area (Å²) in [6.45, 7) is 6.51. The van der Waals surface area contributed by atoms with E-state index < -0.39 is 11.6 Å². The highest BCUT2D eigenvalue weighted by molar-refractivity contribution is 5.92. The van der Waals surface area contributed by atoms with Crippen molar-refractivity contribution in [1.82, 2.24) is 4.90 Å². The molecule has 7 nitrogen and oxygen atoms in total. The number of carboxylic acid groups (broad SMARTS) is 1. The second-order valence-electron chi connectivity index (χ2n) is 8.53. The van der Waals surface area contributed by atoms with Crippen LogP contribution in [0, 0.1) is 0 Å². The number of carboxylic acids is 1. The molecule has 31 heavy (non-hydrogen) atoms. The van der Waals surface area contributed by atoms with Gasteiger partial charge < -0.3 is 24.2 Å². The number of rotatable bonds is 5. The van der Waals surface area contributed by atoms with Crippen molar-refractivity contribution in [2.45, 2.75) is 45.3 Å². The van der Waals surface area contributed by atoms with Gasteiger partial charge in [0, 0.05) is 25.9 Å². The van der Waals surface area contributed by atoms with Crippen molar-refractivity contribution in [3.05, 3.63) is 48.0 Å². The van der Waals surface area contributed by atoms with Gasteiger partial charge in [0.1, 0.15) is 28.8 Å². The molecular formula is C24H29NO6. The Bertz CT molecular complexity index is 924. The first-order valence-electron chi connectivity index (χ1n) is 10.3. The highest BCUT2D eigenvalue weighted by Crippen LogP contribution is 2.31. The van der Waals surface area contributed by atoms with Gasteiger partial charge in [0.2, 0.25) is 0 Å². The SMILES string of the molecule is COc1ccc(-c2ccc(C(=O)O)c(OC3CCN(C(=O)OC(C)(C)C)CC3)c2)cc1. The largest absolute Gasteiger partial charge is 0.497 e. The van der Waals surface area contributed by atoms with Crippen LogP contribution in [-0.2, 0) is 4.74 Å². The highest BCUT2D eigenvalue weighted by Gasteiger charge is 2.28. The molecule has 2 aromatic carbocycles. The summed E-state index contributed by atoms with van der Waals surface area (Å²) in [6, 6.07) is 12.6. The summed E-state index contributed by atoms with van der Waals surface area (Å²) in [5.74, 6) is 0.0399. The molecule has 0 spiro atoms. The molecule has 0 bridgehead atoms. The smallest absolute Gasteiger partial charge is 0.410 e. The van der Waals surface area contributed by atoms with E-state index in [1.54, 1.807) is 30.2 Å². The molecule has 1 saturated heterocycles. The summed E-state index contributed by atoms with van der Waals surface area (Å²) in [5, 5.41) is 9.58. The van der Waals surface area contributed by atoms with Crippen LogP contribution in [0.5, 0.6) is 11.5 Å². The Balaban J connectivity index is 1.71. The van der Waals surface area contributed by atoms with Crippen molar-refractivity contribution in [1.29, 1.82) is 0 Å². The van der Waals surface area contributed by atoms with Crippen molar-refractivity contribution < 1.29 is 28.9 Å². The number of ether oxygens (including phenoxy) is 3. The van der Waals surface area contributed by atoms with Crippen molar-refractivity contribution in [3.63, 3.8) is 0 Å². The summed E-state index contributed by atoms with van der Waals surface area (Å²) in [5.41, 5.74) is 1.37. The first kappa shape index (κ1) is 22.5. The van der Waals surface area contributed by atoms with Crippen molar-refractivity contribution in [2.75, 3.05) is 20.2 Å². The molecule has 1 fully saturated rings. The predicted octanol–water partition coefficient (Wildman–Crippen LogP) is 4.84. The first-order valence-corrected chi connectivity index (χ1v) is 10.3. The molecule has 1 aliphatic heterocycles. The molecule has 0 aliphatic carbocycles. The number of carbonyl (C=O) groups is 2. The molecule has 166 valence electrons. The molecule has 0 atom stereocenters. The number of methoxy groups -OCH3 is 1. The molecule has 1 N–H and O–H groups in total. The molecule has 0 aromatic heterocycles. The summed E-state index contributed by atoms with van der Waals surface area (Å²) in [6.07, 6.45) is 0.692. The number of carbonyl (C=O) groups excluding carboxylic acids is 1. The fourth-order valence-corrected chi connectivity index (χ4v) is 3.42. The summed E-state index contributed by atoms with van der Waals surface area (Å²) in [4.78, 5) is 25.6. The Hall–Kier alpha value is -3.22. The predicted molar refractivity (Wildman–Crippen MR) is 117 cm³/mol. The normalized spacial score (nSPS) is 14.8. The lowest BCUT2D eigenvalue weighted by atomic mass is 10.0. The Labute approximate surface area is 182 Å². The number of nitrogens with zero attached hydrogens (tertiary/aromatic N) is 1. The molecule has 1 heterocycles. The minimum Gasteiger partial charge on any atom is -0.497 e. The number of likely N-dealkylation sites (tertiary alicyclic amines) is 1. The maximum absolute atomic E-state index is 12.2. The average Bonchev–Trinajstić information content (AvgIpc) is 2.73. The van der Waals surface area contributed by atoms with E-state index >= 15 is 0 Å². The standard InChI is InChI=1S/C24H29NO6/c1-24(2,3)31-23(28)25-13-11-19(12-14-25)30-21-15-17(7-10-20(21)22(26)27)16-5-8-18(29-4)9-6-16/h5-10,15,19H,11-14H2,1-4H3,(H,26,27). The Kier molecular flexibility index (Phi) is 6.73. The average molecular weight is 427 g/mol. The fourth-order valence-electron chi connectivity index (χ4n) is 3.42. The van der Waals surface area contributed by atoms with Crippen molar-refractivity contribution in [3.8, 4) is 22.6 Å². The minimum absolute atomic E-state index is 0.117. The molecule has 1 aliphatic rings. The van der Waals surface area contributed by atoms with Crippen LogP contribution in [0.25, 0.3) is 11.1 Å². The van der Waals surface area contributed by atoms with Gasteiger partial charge in [-0.3, -0.25) is 0 Å². The molecule has 2 aromatic rings. The van der Waals surface area contributed by atoms with Gasteiger partial charge in [0.15, 0.2) is 0 Å². The number of amides is 1. The zero-order valence-electron chi connectivity index (χ0n) is 18.4. The quantitative estimate of drug-likeness (QED) is 0.735. The fraction of sp³-hybridized carbons (Fsp3) is 0.417. The van der Waals surface area contributed by atoms with Crippen LogP contribution in [-0.4, -0.2) is 54.0 Å². The molecule has 7 heteroatoms. The molecule has 0 unspecified atom stereocenters. The number of aromatic carboxylic acids is 1. The Morgan fingerprint density at radius 2 is 1.61 bits per heavy atom. The van der Waals surface area contributed by atoms with Crippen LogP contribution in [0.2, 0.25) is 0 Å². The van der Waals surface area contributed by atoms with Gasteiger partial charge in [0.05, 0.1) is 7.11 Å². The third-order valence-electron chi connectivity index (χ3n) is 5.02. The monoisotopic (exact) mass is 427 g/mol. The number of hydrogen-bond acceptors (Lipinski definition) is 5. The molecule has 1 amide bonds. The lowest BCUT2D eigenvalue weighted by molar-refractivity contribution is 0.0126. The minimum atomic E-state index is -1.04. The van der Waals surface area contributed by atoms with E-state index in [0.717, 1.165) is 16.9 Å². The highest BCUT2D eigenvalue weighted by atomic mass is 16.6. The first-order chi connectivity index (χ1) is 14.7. The van der Waals surface area contributed by atoms with Crippen LogP contribution >= 0.6 is 0 Å². The summed E-state index contributed by atoms with van der Waals surface area (Å²) < 4.78 is 16.7. The zero-order chi connectivity index (χ0) is 22.6. The molecule has 3 rings (SSSR count). The van der Waals surface area contributed by atoms with E-state index in [9.17, 15) is 14.7 Å². The molecular weight excluding hydrogens is 398 g/mol. The van der Waals surface area contributed by atoms with Gasteiger partial charge in [-0.25, -0.2) is 9.59 Å². The number of benzene rings is 2. The summed E-state index contributed by atoms with van der Waals surface area (Å²) >= 11 is 0. The van der Waals surface area contributed by atoms with Gasteiger partial charge in [0.25, 0.3) is 0 Å². The third-order valence-corrected chi connectivity index (χ3v) is 5.02. The van der Waals surface area contributed by atoms with Gasteiger partial charge in [-0.05, 0) is 56.2 Å². The lowest BCUT2D eigenvalue weighted by Crippen LogP contribution is -2.44. The van der Waals surface area contributed by atoms with Crippen LogP contribution in [0.15, 0.2) is 42.5 Å². The second kappa shape index (κ2) is 9.29. The van der Waals surface area contributed by atoms with Gasteiger partial charge in [-0.15, -0.1) is 0 Å². The van der Waals surface area contributed by atoms with Crippen LogP contribution in [0.1, 0.15) is 44.0 Å². The third kappa shape index (κ3) is 5.90. The lowest BCUT2D eigenvalue weighted by Gasteiger charge is -2.33. The van der Waals surface area contributed by atoms with Gasteiger partial charge in [-0.1, -0.05) is 18.2 Å². The van der Waals surface area contributed by atoms with Crippen molar-refractivity contribution in [2.24, 2.45) is 0 Å². The topological polar surface area (TPSA) is 85.3 Å². The summed E-state index contributed by atoms with van der Waals surface area (Å²) in [7, 11) is 1.61. The van der Waals surface area contributed by atoms with E-state index in [-0.39, 0.29) is 17.8 Å². The van der Waals surface area contributed by atoms with Gasteiger partial charge >= 0.3 is 12.1 Å². The Morgan fingerprint density at radius 1 is 1.00 bits per heavy atom.